The molecule has 3 rings (SSSR count). The summed E-state index contributed by atoms with van der Waals surface area (Å²) in [7, 11) is 0. The first kappa shape index (κ1) is 13.8. The third-order valence-electron chi connectivity index (χ3n) is 3.90. The number of anilines is 1. The number of benzene rings is 1. The van der Waals surface area contributed by atoms with Gasteiger partial charge in [-0.05, 0) is 35.9 Å². The molecule has 0 radical (unpaired) electrons. The van der Waals surface area contributed by atoms with E-state index in [1.54, 1.807) is 0 Å². The minimum Gasteiger partial charge on any atom is -0.369 e. The Hall–Kier alpha value is -2.20. The molecule has 1 saturated heterocycles. The Morgan fingerprint density at radius 2 is 1.81 bits per heavy atom. The molecule has 1 aliphatic rings. The summed E-state index contributed by atoms with van der Waals surface area (Å²) in [5, 5.41) is 0. The number of carbonyl (C=O) groups is 1. The van der Waals surface area contributed by atoms with Gasteiger partial charge in [0.2, 0.25) is 0 Å². The molecule has 0 spiro atoms. The van der Waals surface area contributed by atoms with Crippen LogP contribution < -0.4 is 4.90 Å². The van der Waals surface area contributed by atoms with Gasteiger partial charge in [-0.1, -0.05) is 6.07 Å². The lowest BCUT2D eigenvalue weighted by atomic mass is 10.2. The second-order valence-corrected chi connectivity index (χ2v) is 5.33. The molecule has 2 heterocycles. The number of pyridine rings is 1. The predicted octanol–water partition coefficient (Wildman–Crippen LogP) is 2.22. The van der Waals surface area contributed by atoms with Crippen LogP contribution in [-0.2, 0) is 6.54 Å². The summed E-state index contributed by atoms with van der Waals surface area (Å²) >= 11 is 0. The zero-order valence-corrected chi connectivity index (χ0v) is 12.0. The quantitative estimate of drug-likeness (QED) is 0.805. The number of rotatable bonds is 4. The largest absolute Gasteiger partial charge is 0.369 e. The molecule has 4 heteroatoms. The monoisotopic (exact) mass is 281 g/mol. The minimum absolute atomic E-state index is 0.731. The number of piperazine rings is 1. The standard InChI is InChI=1S/C17H19N3O/c21-14-15-3-5-17(6-4-15)20-10-8-19(9-11-20)13-16-2-1-7-18-12-16/h1-7,12,14H,8-11,13H2. The molecule has 0 amide bonds. The highest BCUT2D eigenvalue weighted by Gasteiger charge is 2.17. The lowest BCUT2D eigenvalue weighted by Crippen LogP contribution is -2.45. The van der Waals surface area contributed by atoms with Gasteiger partial charge < -0.3 is 4.90 Å². The van der Waals surface area contributed by atoms with Crippen molar-refractivity contribution in [1.29, 1.82) is 0 Å². The molecule has 108 valence electrons. The smallest absolute Gasteiger partial charge is 0.150 e. The summed E-state index contributed by atoms with van der Waals surface area (Å²) in [5.74, 6) is 0. The van der Waals surface area contributed by atoms with Crippen molar-refractivity contribution >= 4 is 12.0 Å². The van der Waals surface area contributed by atoms with Crippen molar-refractivity contribution in [3.8, 4) is 0 Å². The topological polar surface area (TPSA) is 36.4 Å². The normalized spacial score (nSPS) is 15.9. The van der Waals surface area contributed by atoms with Gasteiger partial charge in [0.1, 0.15) is 6.29 Å². The van der Waals surface area contributed by atoms with Crippen molar-refractivity contribution in [2.45, 2.75) is 6.54 Å². The van der Waals surface area contributed by atoms with Gasteiger partial charge in [0.25, 0.3) is 0 Å². The molecule has 2 aromatic rings. The average Bonchev–Trinajstić information content (AvgIpc) is 2.57. The Morgan fingerprint density at radius 1 is 1.05 bits per heavy atom. The molecule has 0 aliphatic carbocycles. The molecule has 0 atom stereocenters. The molecule has 0 unspecified atom stereocenters. The summed E-state index contributed by atoms with van der Waals surface area (Å²) in [6.07, 6.45) is 4.63. The highest BCUT2D eigenvalue weighted by Crippen LogP contribution is 2.17. The van der Waals surface area contributed by atoms with Crippen LogP contribution in [0.25, 0.3) is 0 Å². The van der Waals surface area contributed by atoms with E-state index in [9.17, 15) is 4.79 Å². The van der Waals surface area contributed by atoms with Crippen LogP contribution in [0.4, 0.5) is 5.69 Å². The van der Waals surface area contributed by atoms with Gasteiger partial charge >= 0.3 is 0 Å². The fraction of sp³-hybridized carbons (Fsp3) is 0.294. The number of hydrogen-bond acceptors (Lipinski definition) is 4. The summed E-state index contributed by atoms with van der Waals surface area (Å²) in [5.41, 5.74) is 3.19. The van der Waals surface area contributed by atoms with Crippen LogP contribution in [0.3, 0.4) is 0 Å². The lowest BCUT2D eigenvalue weighted by Gasteiger charge is -2.36. The number of carbonyl (C=O) groups excluding carboxylic acids is 1. The SMILES string of the molecule is O=Cc1ccc(N2CCN(Cc3cccnc3)CC2)cc1. The number of nitrogens with zero attached hydrogens (tertiary/aromatic N) is 3. The van der Waals surface area contributed by atoms with E-state index in [1.807, 2.05) is 42.7 Å². The van der Waals surface area contributed by atoms with Crippen LogP contribution in [0.5, 0.6) is 0 Å². The van der Waals surface area contributed by atoms with E-state index >= 15 is 0 Å². The molecule has 1 aliphatic heterocycles. The van der Waals surface area contributed by atoms with E-state index in [0.717, 1.165) is 44.6 Å². The fourth-order valence-electron chi connectivity index (χ4n) is 2.68. The first-order valence-electron chi connectivity index (χ1n) is 7.26. The maximum absolute atomic E-state index is 10.7. The van der Waals surface area contributed by atoms with Crippen molar-refractivity contribution in [2.24, 2.45) is 0 Å². The Bertz CT molecular complexity index is 575. The predicted molar refractivity (Wildman–Crippen MR) is 83.6 cm³/mol. The molecule has 1 aromatic heterocycles. The molecule has 0 saturated carbocycles. The van der Waals surface area contributed by atoms with Crippen LogP contribution in [0, 0.1) is 0 Å². The van der Waals surface area contributed by atoms with Crippen LogP contribution in [-0.4, -0.2) is 42.3 Å². The van der Waals surface area contributed by atoms with Crippen molar-refractivity contribution in [3.63, 3.8) is 0 Å². The van der Waals surface area contributed by atoms with E-state index in [0.29, 0.717) is 0 Å². The van der Waals surface area contributed by atoms with Crippen LogP contribution in [0.15, 0.2) is 48.8 Å². The summed E-state index contributed by atoms with van der Waals surface area (Å²) in [6, 6.07) is 11.9. The molecule has 4 nitrogen and oxygen atoms in total. The minimum atomic E-state index is 0.731. The molecule has 1 fully saturated rings. The number of aldehydes is 1. The van der Waals surface area contributed by atoms with E-state index in [1.165, 1.54) is 11.3 Å². The highest BCUT2D eigenvalue weighted by molar-refractivity contribution is 5.75. The van der Waals surface area contributed by atoms with E-state index in [2.05, 4.69) is 20.9 Å². The van der Waals surface area contributed by atoms with Crippen molar-refractivity contribution in [2.75, 3.05) is 31.1 Å². The maximum atomic E-state index is 10.7. The summed E-state index contributed by atoms with van der Waals surface area (Å²) < 4.78 is 0. The molecular formula is C17H19N3O. The van der Waals surface area contributed by atoms with E-state index < -0.39 is 0 Å². The highest BCUT2D eigenvalue weighted by atomic mass is 16.1. The summed E-state index contributed by atoms with van der Waals surface area (Å²) in [4.78, 5) is 19.7. The van der Waals surface area contributed by atoms with Gasteiger partial charge in [0.05, 0.1) is 0 Å². The Balaban J connectivity index is 1.56. The van der Waals surface area contributed by atoms with Crippen LogP contribution in [0.2, 0.25) is 0 Å². The van der Waals surface area contributed by atoms with Crippen molar-refractivity contribution in [3.05, 3.63) is 59.9 Å². The third-order valence-corrected chi connectivity index (χ3v) is 3.90. The van der Waals surface area contributed by atoms with Gasteiger partial charge in [-0.2, -0.15) is 0 Å². The third kappa shape index (κ3) is 3.47. The average molecular weight is 281 g/mol. The molecular weight excluding hydrogens is 262 g/mol. The molecule has 0 bridgehead atoms. The van der Waals surface area contributed by atoms with Gasteiger partial charge in [0, 0.05) is 56.4 Å². The van der Waals surface area contributed by atoms with Gasteiger partial charge in [-0.3, -0.25) is 14.7 Å². The first-order valence-corrected chi connectivity index (χ1v) is 7.26. The van der Waals surface area contributed by atoms with Crippen LogP contribution in [0.1, 0.15) is 15.9 Å². The zero-order chi connectivity index (χ0) is 14.5. The van der Waals surface area contributed by atoms with Gasteiger partial charge in [-0.15, -0.1) is 0 Å². The van der Waals surface area contributed by atoms with Gasteiger partial charge in [-0.25, -0.2) is 0 Å². The van der Waals surface area contributed by atoms with E-state index in [4.69, 9.17) is 0 Å². The lowest BCUT2D eigenvalue weighted by molar-refractivity contribution is 0.112. The second-order valence-electron chi connectivity index (χ2n) is 5.33. The Labute approximate surface area is 125 Å². The first-order chi connectivity index (χ1) is 10.3. The summed E-state index contributed by atoms with van der Waals surface area (Å²) in [6.45, 7) is 5.09. The Kier molecular flexibility index (Phi) is 4.26. The fourth-order valence-corrected chi connectivity index (χ4v) is 2.68. The molecule has 21 heavy (non-hydrogen) atoms. The maximum Gasteiger partial charge on any atom is 0.150 e. The molecule has 1 aromatic carbocycles. The van der Waals surface area contributed by atoms with Gasteiger partial charge in [0.15, 0.2) is 0 Å². The second kappa shape index (κ2) is 6.50. The van der Waals surface area contributed by atoms with Crippen molar-refractivity contribution in [1.82, 2.24) is 9.88 Å². The number of hydrogen-bond donors (Lipinski definition) is 0. The molecule has 0 N–H and O–H groups in total. The van der Waals surface area contributed by atoms with E-state index in [-0.39, 0.29) is 0 Å². The Morgan fingerprint density at radius 3 is 2.43 bits per heavy atom. The van der Waals surface area contributed by atoms with Crippen LogP contribution >= 0.6 is 0 Å². The van der Waals surface area contributed by atoms with Crippen molar-refractivity contribution < 1.29 is 4.79 Å². The number of aromatic nitrogens is 1. The zero-order valence-electron chi connectivity index (χ0n) is 12.0.